The maximum Gasteiger partial charge on any atom is 0.418 e. The van der Waals surface area contributed by atoms with E-state index in [1.807, 2.05) is 6.07 Å². The fourth-order valence-corrected chi connectivity index (χ4v) is 2.83. The quantitative estimate of drug-likeness (QED) is 0.853. The number of phenolic OH excluding ortho intramolecular Hbond substituents is 1. The van der Waals surface area contributed by atoms with Gasteiger partial charge in [0.15, 0.2) is 0 Å². The largest absolute Gasteiger partial charge is 0.508 e. The number of anilines is 1. The lowest BCUT2D eigenvalue weighted by molar-refractivity contribution is -0.137. The van der Waals surface area contributed by atoms with Crippen LogP contribution in [-0.2, 0) is 12.6 Å². The van der Waals surface area contributed by atoms with E-state index in [2.05, 4.69) is 5.32 Å². The van der Waals surface area contributed by atoms with E-state index in [0.717, 1.165) is 17.2 Å². The first-order valence-electron chi connectivity index (χ1n) is 6.70. The summed E-state index contributed by atoms with van der Waals surface area (Å²) in [6.45, 7) is 0. The molecule has 0 bridgehead atoms. The lowest BCUT2D eigenvalue weighted by Gasteiger charge is -2.19. The second-order valence-corrected chi connectivity index (χ2v) is 5.12. The average molecular weight is 293 g/mol. The summed E-state index contributed by atoms with van der Waals surface area (Å²) < 4.78 is 39.0. The summed E-state index contributed by atoms with van der Waals surface area (Å²) >= 11 is 0. The number of halogens is 3. The maximum absolute atomic E-state index is 13.0. The Morgan fingerprint density at radius 1 is 1.05 bits per heavy atom. The number of fused-ring (bicyclic) bond motifs is 1. The number of alkyl halides is 3. The van der Waals surface area contributed by atoms with Crippen LogP contribution in [0.2, 0.25) is 0 Å². The lowest BCUT2D eigenvalue weighted by Crippen LogP contribution is -2.13. The number of rotatable bonds is 2. The van der Waals surface area contributed by atoms with Gasteiger partial charge in [-0.1, -0.05) is 24.3 Å². The summed E-state index contributed by atoms with van der Waals surface area (Å²) in [5.41, 5.74) is 1.09. The third kappa shape index (κ3) is 2.55. The predicted octanol–water partition coefficient (Wildman–Crippen LogP) is 4.51. The molecule has 0 spiro atoms. The van der Waals surface area contributed by atoms with Crippen molar-refractivity contribution in [3.05, 3.63) is 59.2 Å². The highest BCUT2D eigenvalue weighted by atomic mass is 19.4. The second-order valence-electron chi connectivity index (χ2n) is 5.12. The number of aromatic hydroxyl groups is 1. The summed E-state index contributed by atoms with van der Waals surface area (Å²) in [4.78, 5) is 0. The molecule has 110 valence electrons. The number of hydrogen-bond acceptors (Lipinski definition) is 2. The van der Waals surface area contributed by atoms with Crippen molar-refractivity contribution in [2.45, 2.75) is 25.1 Å². The van der Waals surface area contributed by atoms with Gasteiger partial charge in [0, 0.05) is 5.69 Å². The van der Waals surface area contributed by atoms with Gasteiger partial charge < -0.3 is 10.4 Å². The third-order valence-corrected chi connectivity index (χ3v) is 3.81. The number of para-hydroxylation sites is 1. The smallest absolute Gasteiger partial charge is 0.418 e. The minimum absolute atomic E-state index is 0.0752. The monoisotopic (exact) mass is 293 g/mol. The second kappa shape index (κ2) is 4.98. The molecule has 0 aliphatic heterocycles. The first-order chi connectivity index (χ1) is 9.97. The van der Waals surface area contributed by atoms with E-state index in [-0.39, 0.29) is 17.5 Å². The Morgan fingerprint density at radius 3 is 2.57 bits per heavy atom. The topological polar surface area (TPSA) is 32.3 Å². The van der Waals surface area contributed by atoms with Crippen molar-refractivity contribution in [1.82, 2.24) is 0 Å². The molecule has 5 heteroatoms. The maximum atomic E-state index is 13.0. The van der Waals surface area contributed by atoms with Crippen LogP contribution in [0.15, 0.2) is 42.5 Å². The molecule has 0 radical (unpaired) electrons. The average Bonchev–Trinajstić information content (AvgIpc) is 2.83. The molecule has 3 rings (SSSR count). The molecular weight excluding hydrogens is 279 g/mol. The van der Waals surface area contributed by atoms with Gasteiger partial charge in [0.05, 0.1) is 11.6 Å². The van der Waals surface area contributed by atoms with Crippen molar-refractivity contribution >= 4 is 5.69 Å². The van der Waals surface area contributed by atoms with E-state index in [1.165, 1.54) is 12.1 Å². The molecule has 0 heterocycles. The highest BCUT2D eigenvalue weighted by Crippen LogP contribution is 2.41. The molecule has 0 amide bonds. The van der Waals surface area contributed by atoms with E-state index < -0.39 is 11.7 Å². The van der Waals surface area contributed by atoms with Crippen LogP contribution in [0.3, 0.4) is 0 Å². The van der Waals surface area contributed by atoms with Crippen LogP contribution in [0.25, 0.3) is 0 Å². The van der Waals surface area contributed by atoms with Gasteiger partial charge in [-0.3, -0.25) is 0 Å². The highest BCUT2D eigenvalue weighted by Gasteiger charge is 2.34. The van der Waals surface area contributed by atoms with Crippen molar-refractivity contribution in [2.24, 2.45) is 0 Å². The molecule has 1 unspecified atom stereocenters. The number of nitrogens with one attached hydrogen (secondary N) is 1. The molecule has 2 N–H and O–H groups in total. The van der Waals surface area contributed by atoms with Crippen LogP contribution in [-0.4, -0.2) is 5.11 Å². The van der Waals surface area contributed by atoms with E-state index in [9.17, 15) is 18.3 Å². The van der Waals surface area contributed by atoms with Gasteiger partial charge in [0.2, 0.25) is 0 Å². The van der Waals surface area contributed by atoms with Crippen LogP contribution in [0, 0.1) is 0 Å². The van der Waals surface area contributed by atoms with Crippen molar-refractivity contribution in [2.75, 3.05) is 5.32 Å². The molecule has 2 nitrogen and oxygen atoms in total. The van der Waals surface area contributed by atoms with Gasteiger partial charge in [0.25, 0.3) is 0 Å². The van der Waals surface area contributed by atoms with Crippen LogP contribution in [0.5, 0.6) is 5.75 Å². The Kier molecular flexibility index (Phi) is 3.27. The Balaban J connectivity index is 1.92. The van der Waals surface area contributed by atoms with Crippen molar-refractivity contribution in [3.8, 4) is 5.75 Å². The fourth-order valence-electron chi connectivity index (χ4n) is 2.83. The summed E-state index contributed by atoms with van der Waals surface area (Å²) in [5, 5.41) is 12.8. The number of hydrogen-bond donors (Lipinski definition) is 2. The van der Waals surface area contributed by atoms with Gasteiger partial charge in [-0.05, 0) is 42.2 Å². The molecule has 2 aromatic carbocycles. The van der Waals surface area contributed by atoms with Crippen LogP contribution in [0.4, 0.5) is 18.9 Å². The summed E-state index contributed by atoms with van der Waals surface area (Å²) in [5.74, 6) is 0.209. The molecule has 0 fully saturated rings. The fraction of sp³-hybridized carbons (Fsp3) is 0.250. The van der Waals surface area contributed by atoms with Gasteiger partial charge >= 0.3 is 6.18 Å². The van der Waals surface area contributed by atoms with Crippen molar-refractivity contribution in [1.29, 1.82) is 0 Å². The highest BCUT2D eigenvalue weighted by molar-refractivity contribution is 5.56. The van der Waals surface area contributed by atoms with Crippen LogP contribution < -0.4 is 5.32 Å². The van der Waals surface area contributed by atoms with E-state index in [4.69, 9.17) is 0 Å². The standard InChI is InChI=1S/C16H14F3NO/c17-16(18,19)12-5-1-2-6-14(12)20-13-9-8-11-10(13)4-3-7-15(11)21/h1-7,13,20-21H,8-9H2. The molecule has 1 aliphatic rings. The predicted molar refractivity (Wildman–Crippen MR) is 74.2 cm³/mol. The molecule has 1 aliphatic carbocycles. The van der Waals surface area contributed by atoms with Crippen LogP contribution >= 0.6 is 0 Å². The minimum Gasteiger partial charge on any atom is -0.508 e. The normalized spacial score (nSPS) is 17.6. The molecule has 1 atom stereocenters. The van der Waals surface area contributed by atoms with Gasteiger partial charge in [-0.15, -0.1) is 0 Å². The summed E-state index contributed by atoms with van der Waals surface area (Å²) in [7, 11) is 0. The molecule has 0 saturated heterocycles. The summed E-state index contributed by atoms with van der Waals surface area (Å²) in [6.07, 6.45) is -3.06. The number of benzene rings is 2. The van der Waals surface area contributed by atoms with Gasteiger partial charge in [-0.25, -0.2) is 0 Å². The number of phenols is 1. The SMILES string of the molecule is Oc1cccc2c1CCC2Nc1ccccc1C(F)(F)F. The minimum atomic E-state index is -4.39. The van der Waals surface area contributed by atoms with Crippen molar-refractivity contribution in [3.63, 3.8) is 0 Å². The van der Waals surface area contributed by atoms with E-state index in [1.54, 1.807) is 18.2 Å². The van der Waals surface area contributed by atoms with E-state index >= 15 is 0 Å². The van der Waals surface area contributed by atoms with Crippen LogP contribution in [0.1, 0.15) is 29.2 Å². The molecule has 0 saturated carbocycles. The Bertz CT molecular complexity index is 667. The first kappa shape index (κ1) is 13.8. The van der Waals surface area contributed by atoms with Gasteiger partial charge in [0.1, 0.15) is 5.75 Å². The summed E-state index contributed by atoms with van der Waals surface area (Å²) in [6, 6.07) is 10.4. The van der Waals surface area contributed by atoms with E-state index in [0.29, 0.717) is 12.8 Å². The zero-order chi connectivity index (χ0) is 15.0. The third-order valence-electron chi connectivity index (χ3n) is 3.81. The first-order valence-corrected chi connectivity index (χ1v) is 6.70. The molecule has 0 aromatic heterocycles. The van der Waals surface area contributed by atoms with Gasteiger partial charge in [-0.2, -0.15) is 13.2 Å². The Labute approximate surface area is 120 Å². The Hall–Kier alpha value is -2.17. The molecule has 2 aromatic rings. The molecule has 21 heavy (non-hydrogen) atoms. The zero-order valence-corrected chi connectivity index (χ0v) is 11.1. The molecular formula is C16H14F3NO. The lowest BCUT2D eigenvalue weighted by atomic mass is 10.1. The zero-order valence-electron chi connectivity index (χ0n) is 11.1. The van der Waals surface area contributed by atoms with Crippen molar-refractivity contribution < 1.29 is 18.3 Å². The Morgan fingerprint density at radius 2 is 1.81 bits per heavy atom.